The first-order valence-electron chi connectivity index (χ1n) is 35.0. The van der Waals surface area contributed by atoms with Crippen LogP contribution in [0.5, 0.6) is 17.2 Å². The van der Waals surface area contributed by atoms with Crippen molar-refractivity contribution in [3.8, 4) is 50.6 Å². The first-order chi connectivity index (χ1) is 47.2. The largest absolute Gasteiger partial charge is 0.490 e. The second-order valence-electron chi connectivity index (χ2n) is 27.1. The molecule has 97 heavy (non-hydrogen) atoms. The number of benzene rings is 6. The summed E-state index contributed by atoms with van der Waals surface area (Å²) in [4.78, 5) is 55.5. The summed E-state index contributed by atoms with van der Waals surface area (Å²) in [6.45, 7) is 8.09. The van der Waals surface area contributed by atoms with Gasteiger partial charge in [-0.1, -0.05) is 80.8 Å². The summed E-state index contributed by atoms with van der Waals surface area (Å²) in [5.74, 6) is 5.12. The molecule has 20 heteroatoms. The molecule has 7 aromatic rings. The van der Waals surface area contributed by atoms with Crippen LogP contribution >= 0.6 is 0 Å². The van der Waals surface area contributed by atoms with Crippen LogP contribution in [-0.4, -0.2) is 108 Å². The molecule has 3 aliphatic heterocycles. The molecule has 3 saturated heterocycles. The molecule has 7 fully saturated rings. The van der Waals surface area contributed by atoms with Gasteiger partial charge in [0.05, 0.1) is 33.0 Å². The van der Waals surface area contributed by atoms with Gasteiger partial charge in [-0.3, -0.25) is 24.3 Å². The first-order valence-corrected chi connectivity index (χ1v) is 35.0. The minimum atomic E-state index is -1.36. The number of aromatic nitrogens is 3. The average Bonchev–Trinajstić information content (AvgIpc) is 1.64. The van der Waals surface area contributed by atoms with Crippen LogP contribution in [0.4, 0.5) is 21.5 Å². The lowest BCUT2D eigenvalue weighted by Gasteiger charge is -2.34. The lowest BCUT2D eigenvalue weighted by molar-refractivity contribution is -0.121. The molecular formula is C77H93FN10O9. The van der Waals surface area contributed by atoms with Crippen molar-refractivity contribution in [2.75, 3.05) is 55.5 Å². The number of ether oxygens (including phenoxy) is 5. The number of carbonyl (C=O) groups is 4. The lowest BCUT2D eigenvalue weighted by Crippen LogP contribution is -2.49. The molecule has 7 aliphatic rings. The lowest BCUT2D eigenvalue weighted by atomic mass is 9.88. The van der Waals surface area contributed by atoms with Gasteiger partial charge in [0.25, 0.3) is 5.91 Å². The highest BCUT2D eigenvalue weighted by Crippen LogP contribution is 2.54. The van der Waals surface area contributed by atoms with E-state index in [0.29, 0.717) is 49.5 Å². The standard InChI is InChI=1S/C27H31FN6O3.C25H30N2O3.C25H32N2O3/c1-15-10-21(15)26(35)31-20-5-3-4-17(12-20)18-6-7-23(19(11-18)13-29)37-24-8-9-34(14-22(24)28)27(36)25-30-16(2)32-33-25;26-15-19-12-18(6-7-24(19)30-21-8-10-29-11-9-21)17-2-1-3-20(13-17)27-25(28)23-14-22(23)16-4-5-16;26-17-21-15-20(9-10-24(21)30-23-11-13-29-14-12-23)19-7-4-8-22(16-19)27-25(28)18-5-2-1-3-6-18/h3-7,11-12,15,21-22,24H,8-10,13-14,29H2,1-2H3,(H,31,35)(H,30,32,33);1-3,6-7,12-13,16,21-23H,4-5,8-11,14-15,26H2,(H,27,28);4,7-10,15-16,18,23H,1-3,5-6,11-14,17,26H2,(H,27,28)/t15?,21?,22-,24+;22-,23+;/m11./s1. The average molecular weight is 1320 g/mol. The summed E-state index contributed by atoms with van der Waals surface area (Å²) in [7, 11) is 0. The van der Waals surface area contributed by atoms with Crippen molar-refractivity contribution in [3.63, 3.8) is 0 Å². The number of alkyl halides is 1. The van der Waals surface area contributed by atoms with Gasteiger partial charge >= 0.3 is 0 Å². The number of aromatic amines is 1. The Morgan fingerprint density at radius 2 is 1.01 bits per heavy atom. The molecule has 4 amide bonds. The van der Waals surface area contributed by atoms with Gasteiger partial charge in [-0.2, -0.15) is 0 Å². The number of likely N-dealkylation sites (tertiary alicyclic amines) is 1. The Bertz CT molecular complexity index is 3860. The number of rotatable bonds is 20. The van der Waals surface area contributed by atoms with E-state index < -0.39 is 18.2 Å². The highest BCUT2D eigenvalue weighted by Gasteiger charge is 2.51. The molecule has 19 nitrogen and oxygen atoms in total. The van der Waals surface area contributed by atoms with Crippen molar-refractivity contribution in [1.82, 2.24) is 20.1 Å². The Morgan fingerprint density at radius 1 is 0.557 bits per heavy atom. The SMILES string of the molecule is Cc1nc(C(=O)N2CC[C@H](Oc3ccc(-c4cccc(NC(=O)C5CC5C)c4)cc3CN)[C@H](F)C2)n[nH]1.NCc1cc(-c2cccc(NC(=O)C3CCCCC3)c2)ccc1OC1CCOCC1.NCc1cc(-c2cccc(NC(=O)[C@H]3C[C@@H]3C3CC3)c2)ccc1OC1CCOCC1. The van der Waals surface area contributed by atoms with Crippen LogP contribution in [0.15, 0.2) is 127 Å². The highest BCUT2D eigenvalue weighted by molar-refractivity contribution is 5.96. The van der Waals surface area contributed by atoms with Crippen molar-refractivity contribution >= 4 is 40.7 Å². The number of carbonyl (C=O) groups excluding carboxylic acids is 4. The van der Waals surface area contributed by atoms with E-state index in [2.05, 4.69) is 74.5 Å². The summed E-state index contributed by atoms with van der Waals surface area (Å²) in [6, 6.07) is 41.7. The fraction of sp³-hybridized carbons (Fsp3) is 0.455. The van der Waals surface area contributed by atoms with Crippen LogP contribution in [0.3, 0.4) is 0 Å². The summed E-state index contributed by atoms with van der Waals surface area (Å²) in [5.41, 5.74) is 29.4. The number of aryl methyl sites for hydroxylation is 1. The molecule has 10 N–H and O–H groups in total. The van der Waals surface area contributed by atoms with Crippen molar-refractivity contribution in [1.29, 1.82) is 0 Å². The fourth-order valence-corrected chi connectivity index (χ4v) is 13.6. The van der Waals surface area contributed by atoms with Crippen molar-refractivity contribution < 1.29 is 47.3 Å². The molecule has 0 bridgehead atoms. The molecule has 14 rings (SSSR count). The molecule has 0 radical (unpaired) electrons. The minimum absolute atomic E-state index is 0.0378. The summed E-state index contributed by atoms with van der Waals surface area (Å²) < 4.78 is 44.3. The summed E-state index contributed by atoms with van der Waals surface area (Å²) in [5, 5.41) is 15.7. The Kier molecular flexibility index (Phi) is 22.7. The van der Waals surface area contributed by atoms with E-state index in [1.807, 2.05) is 84.9 Å². The quantitative estimate of drug-likeness (QED) is 0.0374. The Hall–Kier alpha value is -8.53. The van der Waals surface area contributed by atoms with Gasteiger partial charge in [0.15, 0.2) is 6.17 Å². The van der Waals surface area contributed by atoms with Gasteiger partial charge in [0.2, 0.25) is 23.5 Å². The number of piperidine rings is 1. The van der Waals surface area contributed by atoms with Gasteiger partial charge in [0, 0.05) is 110 Å². The van der Waals surface area contributed by atoms with Crippen molar-refractivity contribution in [3.05, 3.63) is 156 Å². The third kappa shape index (κ3) is 18.2. The van der Waals surface area contributed by atoms with Crippen molar-refractivity contribution in [2.45, 2.75) is 148 Å². The third-order valence-electron chi connectivity index (χ3n) is 19.8. The number of amides is 4. The second kappa shape index (κ2) is 32.2. The minimum Gasteiger partial charge on any atom is -0.490 e. The molecule has 512 valence electrons. The number of nitrogens with one attached hydrogen (secondary N) is 4. The molecule has 4 heterocycles. The second-order valence-corrected chi connectivity index (χ2v) is 27.1. The van der Waals surface area contributed by atoms with Gasteiger partial charge < -0.3 is 61.7 Å². The molecule has 6 aromatic carbocycles. The normalized spacial score (nSPS) is 21.7. The summed E-state index contributed by atoms with van der Waals surface area (Å²) in [6.07, 6.45) is 12.5. The van der Waals surface area contributed by atoms with Crippen LogP contribution in [0, 0.1) is 42.4 Å². The number of nitrogens with two attached hydrogens (primary N) is 3. The van der Waals surface area contributed by atoms with E-state index in [1.165, 1.54) is 24.2 Å². The highest BCUT2D eigenvalue weighted by atomic mass is 19.1. The molecule has 6 atom stereocenters. The maximum absolute atomic E-state index is 15.0. The maximum Gasteiger partial charge on any atom is 0.293 e. The van der Waals surface area contributed by atoms with E-state index in [9.17, 15) is 19.2 Å². The number of anilines is 3. The molecule has 4 aliphatic carbocycles. The summed E-state index contributed by atoms with van der Waals surface area (Å²) >= 11 is 0. The zero-order valence-electron chi connectivity index (χ0n) is 55.8. The number of halogens is 1. The predicted octanol–water partition coefficient (Wildman–Crippen LogP) is 12.7. The zero-order chi connectivity index (χ0) is 67.4. The van der Waals surface area contributed by atoms with E-state index in [4.69, 9.17) is 40.9 Å². The van der Waals surface area contributed by atoms with Gasteiger partial charge in [-0.05, 0) is 169 Å². The molecule has 2 unspecified atom stereocenters. The van der Waals surface area contributed by atoms with Gasteiger partial charge in [0.1, 0.15) is 41.4 Å². The molecular weight excluding hydrogens is 1230 g/mol. The fourth-order valence-electron chi connectivity index (χ4n) is 13.6. The van der Waals surface area contributed by atoms with Crippen LogP contribution in [0.25, 0.3) is 33.4 Å². The Morgan fingerprint density at radius 3 is 1.44 bits per heavy atom. The molecule has 1 aromatic heterocycles. The molecule has 4 saturated carbocycles. The number of H-pyrrole nitrogens is 1. The smallest absolute Gasteiger partial charge is 0.293 e. The van der Waals surface area contributed by atoms with Crippen LogP contribution < -0.4 is 47.4 Å². The molecule has 0 spiro atoms. The monoisotopic (exact) mass is 1320 g/mol. The number of hydrogen-bond donors (Lipinski definition) is 7. The van der Waals surface area contributed by atoms with E-state index >= 15 is 4.39 Å². The zero-order valence-corrected chi connectivity index (χ0v) is 55.8. The van der Waals surface area contributed by atoms with Crippen LogP contribution in [-0.2, 0) is 43.5 Å². The Labute approximate surface area is 567 Å². The maximum atomic E-state index is 15.0. The van der Waals surface area contributed by atoms with E-state index in [-0.39, 0.29) is 66.6 Å². The van der Waals surface area contributed by atoms with E-state index in [1.54, 1.807) is 13.0 Å². The first kappa shape index (κ1) is 68.4. The van der Waals surface area contributed by atoms with Gasteiger partial charge in [-0.15, -0.1) is 5.10 Å². The number of nitrogens with zero attached hydrogens (tertiary/aromatic N) is 3. The predicted molar refractivity (Wildman–Crippen MR) is 373 cm³/mol. The van der Waals surface area contributed by atoms with Gasteiger partial charge in [-0.25, -0.2) is 9.37 Å². The van der Waals surface area contributed by atoms with E-state index in [0.717, 1.165) is 175 Å². The van der Waals surface area contributed by atoms with Crippen molar-refractivity contribution in [2.24, 2.45) is 52.7 Å². The third-order valence-corrected chi connectivity index (χ3v) is 19.8. The topological polar surface area (TPSA) is 273 Å². The van der Waals surface area contributed by atoms with Crippen LogP contribution in [0.2, 0.25) is 0 Å². The number of hydrogen-bond acceptors (Lipinski definition) is 14. The Balaban J connectivity index is 0.000000140. The van der Waals surface area contributed by atoms with Crippen LogP contribution in [0.1, 0.15) is 130 Å².